The minimum atomic E-state index is 0.0575. The van der Waals surface area contributed by atoms with E-state index < -0.39 is 0 Å². The summed E-state index contributed by atoms with van der Waals surface area (Å²) < 4.78 is 0. The molecule has 1 N–H and O–H groups in total. The zero-order valence-corrected chi connectivity index (χ0v) is 12.9. The molecule has 0 aliphatic carbocycles. The Kier molecular flexibility index (Phi) is 4.37. The quantitative estimate of drug-likeness (QED) is 0.942. The van der Waals surface area contributed by atoms with Crippen molar-refractivity contribution in [3.05, 3.63) is 59.4 Å². The molecule has 1 aliphatic heterocycles. The summed E-state index contributed by atoms with van der Waals surface area (Å²) in [4.78, 5) is 18.8. The molecule has 22 heavy (non-hydrogen) atoms. The minimum Gasteiger partial charge on any atom is -0.384 e. The summed E-state index contributed by atoms with van der Waals surface area (Å²) in [6, 6.07) is 10.2. The highest BCUT2D eigenvalue weighted by atomic mass is 16.2. The Balaban J connectivity index is 1.75. The highest BCUT2D eigenvalue weighted by Crippen LogP contribution is 2.20. The maximum absolute atomic E-state index is 12.7. The van der Waals surface area contributed by atoms with E-state index in [1.807, 2.05) is 17.0 Å². The van der Waals surface area contributed by atoms with Gasteiger partial charge in [-0.05, 0) is 30.0 Å². The first-order chi connectivity index (χ1) is 10.8. The molecule has 0 fully saturated rings. The van der Waals surface area contributed by atoms with Crippen LogP contribution in [0, 0.1) is 0 Å². The summed E-state index contributed by atoms with van der Waals surface area (Å²) in [7, 11) is 0. The van der Waals surface area contributed by atoms with Gasteiger partial charge >= 0.3 is 0 Å². The number of carbonyl (C=O) groups excluding carboxylic acids is 1. The Hall–Kier alpha value is -2.36. The predicted octanol–water partition coefficient (Wildman–Crippen LogP) is 3.10. The van der Waals surface area contributed by atoms with Crippen LogP contribution in [-0.4, -0.2) is 28.9 Å². The molecule has 1 aromatic heterocycles. The van der Waals surface area contributed by atoms with Gasteiger partial charge in [0.1, 0.15) is 0 Å². The second kappa shape index (κ2) is 6.60. The van der Waals surface area contributed by atoms with Gasteiger partial charge in [-0.3, -0.25) is 9.78 Å². The van der Waals surface area contributed by atoms with Crippen LogP contribution in [0.1, 0.15) is 34.8 Å². The molecule has 4 nitrogen and oxygen atoms in total. The molecule has 3 rings (SSSR count). The summed E-state index contributed by atoms with van der Waals surface area (Å²) >= 11 is 0. The highest BCUT2D eigenvalue weighted by Gasteiger charge is 2.21. The van der Waals surface area contributed by atoms with Gasteiger partial charge in [0.2, 0.25) is 0 Å². The molecule has 0 unspecified atom stereocenters. The number of nitrogens with zero attached hydrogens (tertiary/aromatic N) is 2. The second-order valence-electron chi connectivity index (χ2n) is 5.63. The fourth-order valence-electron chi connectivity index (χ4n) is 2.77. The normalized spacial score (nSPS) is 13.6. The first-order valence-corrected chi connectivity index (χ1v) is 7.83. The number of anilines is 1. The lowest BCUT2D eigenvalue weighted by molar-refractivity contribution is 0.0734. The van der Waals surface area contributed by atoms with Gasteiger partial charge in [-0.1, -0.05) is 31.2 Å². The average Bonchev–Trinajstić information content (AvgIpc) is 2.59. The molecule has 0 atom stereocenters. The van der Waals surface area contributed by atoms with E-state index in [1.54, 1.807) is 12.4 Å². The Morgan fingerprint density at radius 1 is 1.27 bits per heavy atom. The van der Waals surface area contributed by atoms with Gasteiger partial charge in [0.25, 0.3) is 5.91 Å². The standard InChI is InChI=1S/C18H21N3O/c1-2-8-20-17-10-16(11-19-12-17)18(22)21-9-7-14-5-3-4-6-15(14)13-21/h3-6,10-12,20H,2,7-9,13H2,1H3. The summed E-state index contributed by atoms with van der Waals surface area (Å²) in [5, 5.41) is 3.27. The van der Waals surface area contributed by atoms with E-state index in [2.05, 4.69) is 35.4 Å². The largest absolute Gasteiger partial charge is 0.384 e. The lowest BCUT2D eigenvalue weighted by atomic mass is 9.99. The van der Waals surface area contributed by atoms with E-state index in [9.17, 15) is 4.79 Å². The molecule has 0 radical (unpaired) electrons. The molecular formula is C18H21N3O. The first-order valence-electron chi connectivity index (χ1n) is 7.83. The zero-order valence-electron chi connectivity index (χ0n) is 12.9. The van der Waals surface area contributed by atoms with Crippen LogP contribution >= 0.6 is 0 Å². The monoisotopic (exact) mass is 295 g/mol. The molecule has 0 saturated heterocycles. The number of carbonyl (C=O) groups is 1. The Morgan fingerprint density at radius 3 is 2.91 bits per heavy atom. The van der Waals surface area contributed by atoms with Gasteiger partial charge in [-0.15, -0.1) is 0 Å². The molecule has 0 saturated carbocycles. The molecule has 114 valence electrons. The number of nitrogens with one attached hydrogen (secondary N) is 1. The van der Waals surface area contributed by atoms with Crippen molar-refractivity contribution in [1.29, 1.82) is 0 Å². The Morgan fingerprint density at radius 2 is 2.09 bits per heavy atom. The lowest BCUT2D eigenvalue weighted by Crippen LogP contribution is -2.36. The molecule has 4 heteroatoms. The van der Waals surface area contributed by atoms with E-state index in [0.29, 0.717) is 12.1 Å². The van der Waals surface area contributed by atoms with E-state index in [-0.39, 0.29) is 5.91 Å². The van der Waals surface area contributed by atoms with E-state index in [4.69, 9.17) is 0 Å². The molecule has 1 aromatic carbocycles. The summed E-state index contributed by atoms with van der Waals surface area (Å²) in [5.74, 6) is 0.0575. The highest BCUT2D eigenvalue weighted by molar-refractivity contribution is 5.94. The Labute approximate surface area is 131 Å². The van der Waals surface area contributed by atoms with Crippen LogP contribution in [0.2, 0.25) is 0 Å². The zero-order chi connectivity index (χ0) is 15.4. The van der Waals surface area contributed by atoms with Gasteiger partial charge in [0.05, 0.1) is 11.3 Å². The van der Waals surface area contributed by atoms with E-state index in [0.717, 1.165) is 31.6 Å². The van der Waals surface area contributed by atoms with Crippen molar-refractivity contribution in [1.82, 2.24) is 9.88 Å². The smallest absolute Gasteiger partial charge is 0.255 e. The van der Waals surface area contributed by atoms with Crippen LogP contribution in [0.4, 0.5) is 5.69 Å². The molecule has 1 aliphatic rings. The fourth-order valence-corrected chi connectivity index (χ4v) is 2.77. The number of fused-ring (bicyclic) bond motifs is 1. The lowest BCUT2D eigenvalue weighted by Gasteiger charge is -2.29. The first kappa shape index (κ1) is 14.6. The third-order valence-electron chi connectivity index (χ3n) is 3.98. The van der Waals surface area contributed by atoms with Crippen molar-refractivity contribution in [2.75, 3.05) is 18.4 Å². The number of pyridine rings is 1. The maximum atomic E-state index is 12.7. The molecular weight excluding hydrogens is 274 g/mol. The van der Waals surface area contributed by atoms with Crippen LogP contribution in [0.25, 0.3) is 0 Å². The van der Waals surface area contributed by atoms with E-state index in [1.165, 1.54) is 11.1 Å². The molecule has 2 heterocycles. The number of aromatic nitrogens is 1. The minimum absolute atomic E-state index is 0.0575. The van der Waals surface area contributed by atoms with E-state index >= 15 is 0 Å². The van der Waals surface area contributed by atoms with Crippen molar-refractivity contribution in [2.24, 2.45) is 0 Å². The third-order valence-corrected chi connectivity index (χ3v) is 3.98. The van der Waals surface area contributed by atoms with Crippen LogP contribution in [0.5, 0.6) is 0 Å². The van der Waals surface area contributed by atoms with Crippen LogP contribution in [0.3, 0.4) is 0 Å². The number of amides is 1. The van der Waals surface area contributed by atoms with Crippen LogP contribution in [-0.2, 0) is 13.0 Å². The number of rotatable bonds is 4. The molecule has 0 bridgehead atoms. The predicted molar refractivity (Wildman–Crippen MR) is 87.9 cm³/mol. The van der Waals surface area contributed by atoms with Crippen molar-refractivity contribution in [3.8, 4) is 0 Å². The summed E-state index contributed by atoms with van der Waals surface area (Å²) in [5.41, 5.74) is 4.16. The van der Waals surface area contributed by atoms with Crippen molar-refractivity contribution >= 4 is 11.6 Å². The van der Waals surface area contributed by atoms with Crippen molar-refractivity contribution < 1.29 is 4.79 Å². The maximum Gasteiger partial charge on any atom is 0.255 e. The third kappa shape index (κ3) is 3.11. The van der Waals surface area contributed by atoms with Crippen molar-refractivity contribution in [2.45, 2.75) is 26.3 Å². The van der Waals surface area contributed by atoms with Gasteiger partial charge in [-0.25, -0.2) is 0 Å². The molecule has 1 amide bonds. The molecule has 2 aromatic rings. The van der Waals surface area contributed by atoms with Crippen LogP contribution in [0.15, 0.2) is 42.7 Å². The summed E-state index contributed by atoms with van der Waals surface area (Å²) in [6.45, 7) is 4.45. The van der Waals surface area contributed by atoms with Gasteiger partial charge < -0.3 is 10.2 Å². The Bertz CT molecular complexity index is 669. The van der Waals surface area contributed by atoms with Crippen molar-refractivity contribution in [3.63, 3.8) is 0 Å². The van der Waals surface area contributed by atoms with Crippen LogP contribution < -0.4 is 5.32 Å². The average molecular weight is 295 g/mol. The fraction of sp³-hybridized carbons (Fsp3) is 0.333. The van der Waals surface area contributed by atoms with Gasteiger partial charge in [-0.2, -0.15) is 0 Å². The number of hydrogen-bond acceptors (Lipinski definition) is 3. The van der Waals surface area contributed by atoms with Gasteiger partial charge in [0, 0.05) is 32.0 Å². The van der Waals surface area contributed by atoms with Gasteiger partial charge in [0.15, 0.2) is 0 Å². The topological polar surface area (TPSA) is 45.2 Å². The number of hydrogen-bond donors (Lipinski definition) is 1. The number of benzene rings is 1. The molecule has 0 spiro atoms. The second-order valence-corrected chi connectivity index (χ2v) is 5.63. The SMILES string of the molecule is CCCNc1cncc(C(=O)N2CCc3ccccc3C2)c1. The summed E-state index contributed by atoms with van der Waals surface area (Å²) in [6.07, 6.45) is 5.38.